The van der Waals surface area contributed by atoms with E-state index < -0.39 is 12.6 Å². The first-order valence-corrected chi connectivity index (χ1v) is 5.25. The smallest absolute Gasteiger partial charge is 0.341 e. The van der Waals surface area contributed by atoms with Crippen molar-refractivity contribution in [1.82, 2.24) is 0 Å². The lowest BCUT2D eigenvalue weighted by Crippen LogP contribution is -2.10. The van der Waals surface area contributed by atoms with Crippen LogP contribution in [0.5, 0.6) is 5.75 Å². The second-order valence-corrected chi connectivity index (χ2v) is 3.53. The second kappa shape index (κ2) is 6.79. The minimum atomic E-state index is -1.07. The standard InChI is InChI=1S/C12H11ClO4/c13-10-5-4-9(3-1-2-6-14)11(7-10)17-8-12(15)16/h4-5,7,14H,2,6,8H2,(H,15,16). The van der Waals surface area contributed by atoms with E-state index in [2.05, 4.69) is 11.8 Å². The Kier molecular flexibility index (Phi) is 5.34. The number of halogens is 1. The van der Waals surface area contributed by atoms with Crippen LogP contribution < -0.4 is 4.74 Å². The molecule has 0 saturated carbocycles. The van der Waals surface area contributed by atoms with Crippen molar-refractivity contribution in [2.24, 2.45) is 0 Å². The minimum absolute atomic E-state index is 0.0219. The van der Waals surface area contributed by atoms with Crippen LogP contribution in [0.4, 0.5) is 0 Å². The maximum absolute atomic E-state index is 10.4. The molecule has 0 saturated heterocycles. The van der Waals surface area contributed by atoms with Gasteiger partial charge < -0.3 is 14.9 Å². The third-order valence-corrected chi connectivity index (χ3v) is 1.99. The van der Waals surface area contributed by atoms with E-state index in [0.717, 1.165) is 0 Å². The molecule has 0 amide bonds. The number of hydrogen-bond donors (Lipinski definition) is 2. The molecule has 0 fully saturated rings. The van der Waals surface area contributed by atoms with Crippen LogP contribution in [-0.2, 0) is 4.79 Å². The Labute approximate surface area is 104 Å². The summed E-state index contributed by atoms with van der Waals surface area (Å²) in [6.45, 7) is -0.471. The molecule has 0 bridgehead atoms. The predicted molar refractivity (Wildman–Crippen MR) is 63.2 cm³/mol. The molecule has 0 radical (unpaired) electrons. The molecule has 1 aromatic carbocycles. The molecule has 2 N–H and O–H groups in total. The molecule has 90 valence electrons. The van der Waals surface area contributed by atoms with Gasteiger partial charge in [-0.15, -0.1) is 0 Å². The van der Waals surface area contributed by atoms with Crippen molar-refractivity contribution in [3.63, 3.8) is 0 Å². The highest BCUT2D eigenvalue weighted by Crippen LogP contribution is 2.22. The highest BCUT2D eigenvalue weighted by atomic mass is 35.5. The Hall–Kier alpha value is -1.70. The number of aliphatic hydroxyl groups excluding tert-OH is 1. The van der Waals surface area contributed by atoms with Crippen molar-refractivity contribution in [2.75, 3.05) is 13.2 Å². The number of aliphatic carboxylic acids is 1. The number of ether oxygens (including phenoxy) is 1. The quantitative estimate of drug-likeness (QED) is 0.800. The first kappa shape index (κ1) is 13.4. The van der Waals surface area contributed by atoms with Gasteiger partial charge in [0.15, 0.2) is 6.61 Å². The number of rotatable bonds is 4. The topological polar surface area (TPSA) is 66.8 Å². The molecule has 1 aromatic rings. The van der Waals surface area contributed by atoms with Crippen molar-refractivity contribution in [3.05, 3.63) is 28.8 Å². The van der Waals surface area contributed by atoms with E-state index >= 15 is 0 Å². The molecule has 4 nitrogen and oxygen atoms in total. The van der Waals surface area contributed by atoms with Crippen LogP contribution in [0, 0.1) is 11.8 Å². The van der Waals surface area contributed by atoms with Gasteiger partial charge in [-0.1, -0.05) is 23.4 Å². The first-order chi connectivity index (χ1) is 8.13. The Morgan fingerprint density at radius 2 is 2.24 bits per heavy atom. The lowest BCUT2D eigenvalue weighted by atomic mass is 10.2. The van der Waals surface area contributed by atoms with E-state index in [9.17, 15) is 4.79 Å². The fraction of sp³-hybridized carbons (Fsp3) is 0.250. The molecule has 0 aliphatic rings. The zero-order valence-corrected chi connectivity index (χ0v) is 9.70. The zero-order valence-electron chi connectivity index (χ0n) is 8.94. The molecule has 1 rings (SSSR count). The molecular formula is C12H11ClO4. The van der Waals surface area contributed by atoms with Crippen LogP contribution in [0.2, 0.25) is 5.02 Å². The lowest BCUT2D eigenvalue weighted by Gasteiger charge is -2.06. The van der Waals surface area contributed by atoms with Crippen LogP contribution >= 0.6 is 11.6 Å². The Balaban J connectivity index is 2.88. The molecule has 0 aliphatic carbocycles. The van der Waals surface area contributed by atoms with Crippen LogP contribution in [0.3, 0.4) is 0 Å². The fourth-order valence-electron chi connectivity index (χ4n) is 1.07. The van der Waals surface area contributed by atoms with Gasteiger partial charge in [0.05, 0.1) is 12.2 Å². The van der Waals surface area contributed by atoms with Crippen molar-refractivity contribution < 1.29 is 19.7 Å². The van der Waals surface area contributed by atoms with Crippen LogP contribution in [0.1, 0.15) is 12.0 Å². The first-order valence-electron chi connectivity index (χ1n) is 4.87. The summed E-state index contributed by atoms with van der Waals surface area (Å²) in [5.41, 5.74) is 0.545. The van der Waals surface area contributed by atoms with E-state index in [4.69, 9.17) is 26.6 Å². The summed E-state index contributed by atoms with van der Waals surface area (Å²) in [7, 11) is 0. The molecule has 0 spiro atoms. The van der Waals surface area contributed by atoms with Gasteiger partial charge >= 0.3 is 5.97 Å². The lowest BCUT2D eigenvalue weighted by molar-refractivity contribution is -0.139. The summed E-state index contributed by atoms with van der Waals surface area (Å²) in [5.74, 6) is 4.76. The predicted octanol–water partition coefficient (Wildman–Crippen LogP) is 1.54. The van der Waals surface area contributed by atoms with Gasteiger partial charge in [0.1, 0.15) is 5.75 Å². The van der Waals surface area contributed by atoms with E-state index in [1.807, 2.05) is 0 Å². The van der Waals surface area contributed by atoms with Gasteiger partial charge in [0, 0.05) is 17.5 Å². The van der Waals surface area contributed by atoms with Crippen molar-refractivity contribution >= 4 is 17.6 Å². The van der Waals surface area contributed by atoms with Gasteiger partial charge in [-0.25, -0.2) is 4.79 Å². The number of carbonyl (C=O) groups is 1. The van der Waals surface area contributed by atoms with Gasteiger partial charge in [0.2, 0.25) is 0 Å². The largest absolute Gasteiger partial charge is 0.481 e. The molecule has 0 aliphatic heterocycles. The Bertz CT molecular complexity index is 459. The monoisotopic (exact) mass is 254 g/mol. The van der Waals surface area contributed by atoms with Crippen LogP contribution in [0.15, 0.2) is 18.2 Å². The van der Waals surface area contributed by atoms with Gasteiger partial charge in [-0.2, -0.15) is 0 Å². The van der Waals surface area contributed by atoms with Crippen molar-refractivity contribution in [2.45, 2.75) is 6.42 Å². The third kappa shape index (κ3) is 4.77. The zero-order chi connectivity index (χ0) is 12.7. The van der Waals surface area contributed by atoms with E-state index in [1.54, 1.807) is 12.1 Å². The summed E-state index contributed by atoms with van der Waals surface area (Å²) in [6, 6.07) is 4.79. The summed E-state index contributed by atoms with van der Waals surface area (Å²) < 4.78 is 5.06. The average Bonchev–Trinajstić information content (AvgIpc) is 2.29. The molecule has 0 atom stereocenters. The highest BCUT2D eigenvalue weighted by molar-refractivity contribution is 6.30. The highest BCUT2D eigenvalue weighted by Gasteiger charge is 2.05. The Morgan fingerprint density at radius 1 is 1.47 bits per heavy atom. The SMILES string of the molecule is O=C(O)COc1cc(Cl)ccc1C#CCCO. The summed E-state index contributed by atoms with van der Waals surface area (Å²) in [6.07, 6.45) is 0.348. The van der Waals surface area contributed by atoms with Gasteiger partial charge in [-0.3, -0.25) is 0 Å². The number of benzene rings is 1. The summed E-state index contributed by atoms with van der Waals surface area (Å²) >= 11 is 5.78. The Morgan fingerprint density at radius 3 is 2.88 bits per heavy atom. The van der Waals surface area contributed by atoms with Crippen LogP contribution in [0.25, 0.3) is 0 Å². The second-order valence-electron chi connectivity index (χ2n) is 3.10. The van der Waals surface area contributed by atoms with E-state index in [1.165, 1.54) is 6.07 Å². The number of aliphatic hydroxyl groups is 1. The molecule has 0 unspecified atom stereocenters. The molecule has 0 heterocycles. The molecule has 17 heavy (non-hydrogen) atoms. The number of carboxylic acids is 1. The molecular weight excluding hydrogens is 244 g/mol. The van der Waals surface area contributed by atoms with Gasteiger partial charge in [0.25, 0.3) is 0 Å². The molecule has 0 aromatic heterocycles. The van der Waals surface area contributed by atoms with Gasteiger partial charge in [-0.05, 0) is 12.1 Å². The number of hydrogen-bond acceptors (Lipinski definition) is 3. The maximum atomic E-state index is 10.4. The summed E-state index contributed by atoms with van der Waals surface area (Å²) in [4.78, 5) is 10.4. The number of carboxylic acid groups (broad SMARTS) is 1. The van der Waals surface area contributed by atoms with Crippen LogP contribution in [-0.4, -0.2) is 29.4 Å². The van der Waals surface area contributed by atoms with E-state index in [0.29, 0.717) is 22.8 Å². The van der Waals surface area contributed by atoms with E-state index in [-0.39, 0.29) is 6.61 Å². The minimum Gasteiger partial charge on any atom is -0.481 e. The fourth-order valence-corrected chi connectivity index (χ4v) is 1.23. The molecule has 5 heteroatoms. The summed E-state index contributed by atoms with van der Waals surface area (Å²) in [5, 5.41) is 17.6. The normalized spacial score (nSPS) is 9.29. The van der Waals surface area contributed by atoms with Crippen molar-refractivity contribution in [1.29, 1.82) is 0 Å². The van der Waals surface area contributed by atoms with Crippen molar-refractivity contribution in [3.8, 4) is 17.6 Å². The maximum Gasteiger partial charge on any atom is 0.341 e. The third-order valence-electron chi connectivity index (χ3n) is 1.75. The average molecular weight is 255 g/mol.